The minimum absolute atomic E-state index is 0.0315. The van der Waals surface area contributed by atoms with Crippen molar-refractivity contribution in [3.63, 3.8) is 0 Å². The van der Waals surface area contributed by atoms with Crippen LogP contribution in [0.3, 0.4) is 0 Å². The highest BCUT2D eigenvalue weighted by Gasteiger charge is 2.23. The number of nitrogens with one attached hydrogen (secondary N) is 1. The molecule has 5 nitrogen and oxygen atoms in total. The zero-order valence-corrected chi connectivity index (χ0v) is 14.3. The second-order valence-corrected chi connectivity index (χ2v) is 6.98. The zero-order valence-electron chi connectivity index (χ0n) is 14.3. The Labute approximate surface area is 140 Å². The lowest BCUT2D eigenvalue weighted by atomic mass is 10.0. The second-order valence-electron chi connectivity index (χ2n) is 6.98. The van der Waals surface area contributed by atoms with Gasteiger partial charge in [0.1, 0.15) is 5.60 Å². The molecule has 0 aromatic carbocycles. The summed E-state index contributed by atoms with van der Waals surface area (Å²) in [6, 6.07) is 3.29. The summed E-state index contributed by atoms with van der Waals surface area (Å²) in [4.78, 5) is 15.7. The van der Waals surface area contributed by atoms with Crippen molar-refractivity contribution in [2.45, 2.75) is 58.7 Å². The predicted octanol–water partition coefficient (Wildman–Crippen LogP) is 3.70. The van der Waals surface area contributed by atoms with Crippen molar-refractivity contribution in [2.24, 2.45) is 5.92 Å². The van der Waals surface area contributed by atoms with Crippen LogP contribution >= 0.6 is 0 Å². The van der Waals surface area contributed by atoms with Crippen molar-refractivity contribution in [3.05, 3.63) is 23.4 Å². The predicted molar refractivity (Wildman–Crippen MR) is 85.2 cm³/mol. The third-order valence-electron chi connectivity index (χ3n) is 3.70. The topological polar surface area (TPSA) is 60.5 Å². The van der Waals surface area contributed by atoms with Crippen molar-refractivity contribution < 1.29 is 23.0 Å². The number of ether oxygens (including phenoxy) is 2. The van der Waals surface area contributed by atoms with Crippen LogP contribution in [0, 0.1) is 5.92 Å². The molecule has 1 unspecified atom stereocenters. The molecule has 0 saturated heterocycles. The first-order chi connectivity index (χ1) is 11.2. The summed E-state index contributed by atoms with van der Waals surface area (Å²) in [7, 11) is 0. The molecule has 0 saturated carbocycles. The van der Waals surface area contributed by atoms with Gasteiger partial charge in [-0.05, 0) is 57.9 Å². The molecule has 1 aliphatic carbocycles. The van der Waals surface area contributed by atoms with Crippen LogP contribution in [0.15, 0.2) is 12.1 Å². The third kappa shape index (κ3) is 5.94. The monoisotopic (exact) mass is 342 g/mol. The zero-order chi connectivity index (χ0) is 17.7. The third-order valence-corrected chi connectivity index (χ3v) is 3.70. The summed E-state index contributed by atoms with van der Waals surface area (Å²) in [5.41, 5.74) is 1.42. The maximum atomic E-state index is 12.2. The largest absolute Gasteiger partial charge is 0.444 e. The van der Waals surface area contributed by atoms with Crippen molar-refractivity contribution >= 4 is 6.09 Å². The molecule has 134 valence electrons. The van der Waals surface area contributed by atoms with E-state index in [0.29, 0.717) is 12.5 Å². The molecule has 1 aliphatic rings. The van der Waals surface area contributed by atoms with Gasteiger partial charge in [0.15, 0.2) is 0 Å². The summed E-state index contributed by atoms with van der Waals surface area (Å²) >= 11 is 0. The van der Waals surface area contributed by atoms with E-state index in [1.807, 2.05) is 20.8 Å². The normalized spacial score (nSPS) is 16.8. The fraction of sp³-hybridized carbons (Fsp3) is 0.647. The Kier molecular flexibility index (Phi) is 5.96. The summed E-state index contributed by atoms with van der Waals surface area (Å²) in [5, 5.41) is 2.73. The standard InChI is InChI=1S/C17H24F2N2O3/c1-17(2,3)24-16(22)20-8-4-5-11-9-12-6-7-14(23-15(18)19)21-13(12)10-11/h6-7,11,15H,4-5,8-10H2,1-3H3,(H,20,22). The molecule has 24 heavy (non-hydrogen) atoms. The van der Waals surface area contributed by atoms with E-state index in [2.05, 4.69) is 15.0 Å². The van der Waals surface area contributed by atoms with Gasteiger partial charge in [0.05, 0.1) is 0 Å². The Morgan fingerprint density at radius 1 is 1.38 bits per heavy atom. The van der Waals surface area contributed by atoms with Crippen molar-refractivity contribution in [1.82, 2.24) is 10.3 Å². The summed E-state index contributed by atoms with van der Waals surface area (Å²) < 4.78 is 33.9. The van der Waals surface area contributed by atoms with Gasteiger partial charge in [-0.25, -0.2) is 9.78 Å². The number of rotatable bonds is 6. The average molecular weight is 342 g/mol. The van der Waals surface area contributed by atoms with Crippen LogP contribution in [0.2, 0.25) is 0 Å². The van der Waals surface area contributed by atoms with E-state index in [4.69, 9.17) is 4.74 Å². The molecule has 0 fully saturated rings. The van der Waals surface area contributed by atoms with Gasteiger partial charge in [-0.3, -0.25) is 0 Å². The highest BCUT2D eigenvalue weighted by Crippen LogP contribution is 2.30. The number of pyridine rings is 1. The van der Waals surface area contributed by atoms with Gasteiger partial charge in [-0.2, -0.15) is 8.78 Å². The van der Waals surface area contributed by atoms with Gasteiger partial charge in [0.25, 0.3) is 0 Å². The molecular formula is C17H24F2N2O3. The molecule has 0 spiro atoms. The Balaban J connectivity index is 1.71. The molecule has 1 aromatic heterocycles. The minimum Gasteiger partial charge on any atom is -0.444 e. The van der Waals surface area contributed by atoms with E-state index in [-0.39, 0.29) is 5.88 Å². The molecule has 2 rings (SSSR count). The van der Waals surface area contributed by atoms with E-state index < -0.39 is 18.3 Å². The number of halogens is 2. The number of amides is 1. The Hall–Kier alpha value is -1.92. The molecule has 1 heterocycles. The lowest BCUT2D eigenvalue weighted by molar-refractivity contribution is -0.0529. The highest BCUT2D eigenvalue weighted by molar-refractivity contribution is 5.67. The van der Waals surface area contributed by atoms with Crippen molar-refractivity contribution in [3.8, 4) is 5.88 Å². The molecule has 1 N–H and O–H groups in total. The maximum absolute atomic E-state index is 12.2. The van der Waals surface area contributed by atoms with E-state index in [0.717, 1.165) is 36.9 Å². The number of hydrogen-bond acceptors (Lipinski definition) is 4. The first kappa shape index (κ1) is 18.4. The van der Waals surface area contributed by atoms with Gasteiger partial charge < -0.3 is 14.8 Å². The molecule has 0 radical (unpaired) electrons. The van der Waals surface area contributed by atoms with Gasteiger partial charge in [-0.1, -0.05) is 6.07 Å². The molecular weight excluding hydrogens is 318 g/mol. The average Bonchev–Trinajstić information content (AvgIpc) is 2.83. The van der Waals surface area contributed by atoms with Crippen LogP contribution in [-0.4, -0.2) is 29.8 Å². The van der Waals surface area contributed by atoms with Gasteiger partial charge in [0, 0.05) is 18.3 Å². The van der Waals surface area contributed by atoms with E-state index in [1.54, 1.807) is 6.07 Å². The minimum atomic E-state index is -2.85. The molecule has 1 amide bonds. The van der Waals surface area contributed by atoms with Crippen molar-refractivity contribution in [2.75, 3.05) is 6.54 Å². The molecule has 1 atom stereocenters. The van der Waals surface area contributed by atoms with Gasteiger partial charge in [-0.15, -0.1) is 0 Å². The number of carbonyl (C=O) groups is 1. The van der Waals surface area contributed by atoms with Crippen molar-refractivity contribution in [1.29, 1.82) is 0 Å². The maximum Gasteiger partial charge on any atom is 0.407 e. The Morgan fingerprint density at radius 2 is 2.12 bits per heavy atom. The summed E-state index contributed by atoms with van der Waals surface area (Å²) in [6.07, 6.45) is 2.98. The lowest BCUT2D eigenvalue weighted by Crippen LogP contribution is -2.33. The second kappa shape index (κ2) is 7.77. The quantitative estimate of drug-likeness (QED) is 0.801. The Bertz CT molecular complexity index is 573. The van der Waals surface area contributed by atoms with Gasteiger partial charge in [0.2, 0.25) is 5.88 Å². The number of carbonyl (C=O) groups excluding carboxylic acids is 1. The number of nitrogens with zero attached hydrogens (tertiary/aromatic N) is 1. The van der Waals surface area contributed by atoms with Crippen LogP contribution in [0.25, 0.3) is 0 Å². The molecule has 0 aliphatic heterocycles. The van der Waals surface area contributed by atoms with Crippen LogP contribution in [0.4, 0.5) is 13.6 Å². The molecule has 1 aromatic rings. The van der Waals surface area contributed by atoms with Crippen LogP contribution in [0.5, 0.6) is 5.88 Å². The summed E-state index contributed by atoms with van der Waals surface area (Å²) in [6.45, 7) is 3.16. The highest BCUT2D eigenvalue weighted by atomic mass is 19.3. The number of fused-ring (bicyclic) bond motifs is 1. The smallest absolute Gasteiger partial charge is 0.407 e. The SMILES string of the molecule is CC(C)(C)OC(=O)NCCCC1Cc2ccc(OC(F)F)nc2C1. The van der Waals surface area contributed by atoms with E-state index >= 15 is 0 Å². The first-order valence-corrected chi connectivity index (χ1v) is 8.13. The Morgan fingerprint density at radius 3 is 2.79 bits per heavy atom. The number of aromatic nitrogens is 1. The molecule has 7 heteroatoms. The van der Waals surface area contributed by atoms with Crippen LogP contribution in [-0.2, 0) is 17.6 Å². The van der Waals surface area contributed by atoms with Crippen LogP contribution in [0.1, 0.15) is 44.9 Å². The lowest BCUT2D eigenvalue weighted by Gasteiger charge is -2.19. The van der Waals surface area contributed by atoms with Gasteiger partial charge >= 0.3 is 12.7 Å². The fourth-order valence-corrected chi connectivity index (χ4v) is 2.79. The first-order valence-electron chi connectivity index (χ1n) is 8.13. The van der Waals surface area contributed by atoms with E-state index in [1.165, 1.54) is 6.07 Å². The molecule has 0 bridgehead atoms. The van der Waals surface area contributed by atoms with E-state index in [9.17, 15) is 13.6 Å². The van der Waals surface area contributed by atoms with Crippen LogP contribution < -0.4 is 10.1 Å². The fourth-order valence-electron chi connectivity index (χ4n) is 2.79. The number of alkyl halides is 2. The number of alkyl carbamates (subject to hydrolysis) is 1. The number of hydrogen-bond donors (Lipinski definition) is 1. The summed E-state index contributed by atoms with van der Waals surface area (Å²) in [5.74, 6) is 0.380.